The molecule has 0 radical (unpaired) electrons. The van der Waals surface area contributed by atoms with Crippen molar-refractivity contribution in [2.45, 2.75) is 30.7 Å². The first kappa shape index (κ1) is 17.5. The van der Waals surface area contributed by atoms with Gasteiger partial charge in [0.25, 0.3) is 5.69 Å². The van der Waals surface area contributed by atoms with Crippen molar-refractivity contribution in [3.05, 3.63) is 33.9 Å². The standard InChI is InChI=1S/C13H21N3O4S/c1-5-11(14-2)8-10-6-7-12(9-13(10)16(17)18)21(19,20)15(3)4/h6-7,9,11,14H,5,8H2,1-4H3. The van der Waals surface area contributed by atoms with Gasteiger partial charge < -0.3 is 5.32 Å². The molecule has 1 N–H and O–H groups in total. The average molecular weight is 315 g/mol. The second kappa shape index (κ2) is 6.97. The Morgan fingerprint density at radius 2 is 2.00 bits per heavy atom. The van der Waals surface area contributed by atoms with Crippen LogP contribution in [0.2, 0.25) is 0 Å². The molecule has 0 heterocycles. The second-order valence-corrected chi connectivity index (χ2v) is 7.08. The van der Waals surface area contributed by atoms with E-state index in [-0.39, 0.29) is 16.6 Å². The van der Waals surface area contributed by atoms with Crippen LogP contribution in [0.4, 0.5) is 5.69 Å². The fourth-order valence-corrected chi connectivity index (χ4v) is 2.90. The van der Waals surface area contributed by atoms with Crippen LogP contribution in [0.15, 0.2) is 23.1 Å². The lowest BCUT2D eigenvalue weighted by atomic mass is 10.0. The summed E-state index contributed by atoms with van der Waals surface area (Å²) in [6, 6.07) is 4.18. The van der Waals surface area contributed by atoms with Crippen LogP contribution < -0.4 is 5.32 Å². The summed E-state index contributed by atoms with van der Waals surface area (Å²) in [5.41, 5.74) is 0.366. The van der Waals surface area contributed by atoms with Crippen molar-refractivity contribution < 1.29 is 13.3 Å². The van der Waals surface area contributed by atoms with Crippen molar-refractivity contribution in [2.24, 2.45) is 0 Å². The number of nitro groups is 1. The molecule has 0 spiro atoms. The summed E-state index contributed by atoms with van der Waals surface area (Å²) >= 11 is 0. The molecular formula is C13H21N3O4S. The Morgan fingerprint density at radius 1 is 1.38 bits per heavy atom. The van der Waals surface area contributed by atoms with Gasteiger partial charge in [-0.05, 0) is 26.0 Å². The van der Waals surface area contributed by atoms with Crippen LogP contribution in [0.3, 0.4) is 0 Å². The fourth-order valence-electron chi connectivity index (χ4n) is 1.97. The minimum atomic E-state index is -3.68. The Balaban J connectivity index is 3.29. The van der Waals surface area contributed by atoms with Crippen LogP contribution in [-0.4, -0.2) is 44.8 Å². The number of hydrogen-bond donors (Lipinski definition) is 1. The molecule has 0 aliphatic carbocycles. The number of benzene rings is 1. The van der Waals surface area contributed by atoms with Gasteiger partial charge in [0.1, 0.15) is 0 Å². The molecule has 8 heteroatoms. The summed E-state index contributed by atoms with van der Waals surface area (Å²) in [6.07, 6.45) is 1.30. The molecule has 0 aliphatic heterocycles. The molecule has 1 rings (SSSR count). The highest BCUT2D eigenvalue weighted by Gasteiger charge is 2.23. The van der Waals surface area contributed by atoms with E-state index in [1.807, 2.05) is 6.92 Å². The monoisotopic (exact) mass is 315 g/mol. The van der Waals surface area contributed by atoms with Crippen molar-refractivity contribution in [3.63, 3.8) is 0 Å². The summed E-state index contributed by atoms with van der Waals surface area (Å²) < 4.78 is 25.1. The quantitative estimate of drug-likeness (QED) is 0.606. The number of hydrogen-bond acceptors (Lipinski definition) is 5. The summed E-state index contributed by atoms with van der Waals surface area (Å²) in [5, 5.41) is 14.3. The van der Waals surface area contributed by atoms with E-state index in [0.717, 1.165) is 16.8 Å². The van der Waals surface area contributed by atoms with Crippen LogP contribution >= 0.6 is 0 Å². The molecule has 1 aromatic rings. The lowest BCUT2D eigenvalue weighted by molar-refractivity contribution is -0.385. The van der Waals surface area contributed by atoms with Crippen molar-refractivity contribution in [3.8, 4) is 0 Å². The molecule has 0 saturated carbocycles. The Morgan fingerprint density at radius 3 is 2.43 bits per heavy atom. The van der Waals surface area contributed by atoms with E-state index < -0.39 is 14.9 Å². The molecule has 1 aromatic carbocycles. The normalized spacial score (nSPS) is 13.4. The molecule has 7 nitrogen and oxygen atoms in total. The van der Waals surface area contributed by atoms with Gasteiger partial charge in [-0.2, -0.15) is 0 Å². The summed E-state index contributed by atoms with van der Waals surface area (Å²) in [7, 11) is 0.905. The third kappa shape index (κ3) is 3.99. The number of likely N-dealkylation sites (N-methyl/N-ethyl adjacent to an activating group) is 1. The molecule has 0 fully saturated rings. The van der Waals surface area contributed by atoms with E-state index >= 15 is 0 Å². The smallest absolute Gasteiger partial charge is 0.273 e. The molecule has 118 valence electrons. The van der Waals surface area contributed by atoms with Gasteiger partial charge in [-0.15, -0.1) is 0 Å². The molecule has 1 atom stereocenters. The topological polar surface area (TPSA) is 92.5 Å². The van der Waals surface area contributed by atoms with Gasteiger partial charge in [0, 0.05) is 31.8 Å². The predicted octanol–water partition coefficient (Wildman–Crippen LogP) is 1.39. The first-order chi connectivity index (χ1) is 9.73. The van der Waals surface area contributed by atoms with E-state index in [2.05, 4.69) is 5.32 Å². The lowest BCUT2D eigenvalue weighted by Gasteiger charge is -2.15. The fraction of sp³-hybridized carbons (Fsp3) is 0.538. The lowest BCUT2D eigenvalue weighted by Crippen LogP contribution is -2.27. The van der Waals surface area contributed by atoms with Crippen LogP contribution in [0.5, 0.6) is 0 Å². The molecule has 0 bridgehead atoms. The zero-order valence-corrected chi connectivity index (χ0v) is 13.5. The number of rotatable bonds is 7. The Kier molecular flexibility index (Phi) is 5.82. The highest BCUT2D eigenvalue weighted by atomic mass is 32.2. The van der Waals surface area contributed by atoms with E-state index in [9.17, 15) is 18.5 Å². The van der Waals surface area contributed by atoms with Gasteiger partial charge in [0.2, 0.25) is 10.0 Å². The van der Waals surface area contributed by atoms with Crippen molar-refractivity contribution in [1.82, 2.24) is 9.62 Å². The number of nitro benzene ring substituents is 1. The molecule has 0 amide bonds. The van der Waals surface area contributed by atoms with Gasteiger partial charge >= 0.3 is 0 Å². The first-order valence-corrected chi connectivity index (χ1v) is 8.05. The molecule has 0 saturated heterocycles. The minimum absolute atomic E-state index is 0.0690. The maximum Gasteiger partial charge on any atom is 0.273 e. The highest BCUT2D eigenvalue weighted by molar-refractivity contribution is 7.89. The molecular weight excluding hydrogens is 294 g/mol. The maximum atomic E-state index is 12.0. The van der Waals surface area contributed by atoms with Crippen LogP contribution in [0.1, 0.15) is 18.9 Å². The van der Waals surface area contributed by atoms with Gasteiger partial charge in [-0.3, -0.25) is 10.1 Å². The van der Waals surface area contributed by atoms with E-state index in [0.29, 0.717) is 12.0 Å². The van der Waals surface area contributed by atoms with Gasteiger partial charge in [0.05, 0.1) is 9.82 Å². The van der Waals surface area contributed by atoms with Gasteiger partial charge in [0.15, 0.2) is 0 Å². The average Bonchev–Trinajstić information content (AvgIpc) is 2.44. The maximum absolute atomic E-state index is 12.0. The molecule has 1 unspecified atom stereocenters. The van der Waals surface area contributed by atoms with E-state index in [4.69, 9.17) is 0 Å². The van der Waals surface area contributed by atoms with Crippen molar-refractivity contribution in [2.75, 3.05) is 21.1 Å². The molecule has 0 aromatic heterocycles. The van der Waals surface area contributed by atoms with Crippen LogP contribution in [-0.2, 0) is 16.4 Å². The zero-order chi connectivity index (χ0) is 16.2. The predicted molar refractivity (Wildman–Crippen MR) is 80.8 cm³/mol. The van der Waals surface area contributed by atoms with Crippen LogP contribution in [0, 0.1) is 10.1 Å². The van der Waals surface area contributed by atoms with E-state index in [1.54, 1.807) is 7.05 Å². The first-order valence-electron chi connectivity index (χ1n) is 6.61. The number of nitrogens with zero attached hydrogens (tertiary/aromatic N) is 2. The summed E-state index contributed by atoms with van der Waals surface area (Å²) in [6.45, 7) is 1.98. The highest BCUT2D eigenvalue weighted by Crippen LogP contribution is 2.25. The third-order valence-electron chi connectivity index (χ3n) is 3.40. The largest absolute Gasteiger partial charge is 0.317 e. The zero-order valence-electron chi connectivity index (χ0n) is 12.7. The Labute approximate surface area is 125 Å². The van der Waals surface area contributed by atoms with Gasteiger partial charge in [-0.25, -0.2) is 12.7 Å². The van der Waals surface area contributed by atoms with Crippen molar-refractivity contribution in [1.29, 1.82) is 0 Å². The number of sulfonamides is 1. The summed E-state index contributed by atoms with van der Waals surface area (Å²) in [5.74, 6) is 0. The molecule has 21 heavy (non-hydrogen) atoms. The van der Waals surface area contributed by atoms with Crippen LogP contribution in [0.25, 0.3) is 0 Å². The van der Waals surface area contributed by atoms with E-state index in [1.165, 1.54) is 26.2 Å². The molecule has 0 aliphatic rings. The number of nitrogens with one attached hydrogen (secondary N) is 1. The van der Waals surface area contributed by atoms with Crippen molar-refractivity contribution >= 4 is 15.7 Å². The second-order valence-electron chi connectivity index (χ2n) is 4.93. The minimum Gasteiger partial charge on any atom is -0.317 e. The third-order valence-corrected chi connectivity index (χ3v) is 5.21. The summed E-state index contributed by atoms with van der Waals surface area (Å²) in [4.78, 5) is 10.6. The Hall–Kier alpha value is -1.51. The SMILES string of the molecule is CCC(Cc1ccc(S(=O)(=O)N(C)C)cc1[N+](=O)[O-])NC. The Bertz CT molecular complexity index is 610. The van der Waals surface area contributed by atoms with Gasteiger partial charge in [-0.1, -0.05) is 13.0 Å².